The van der Waals surface area contributed by atoms with Crippen LogP contribution >= 0.6 is 0 Å². The number of hydrogen-bond acceptors (Lipinski definition) is 2. The molecule has 2 aromatic rings. The molecule has 1 unspecified atom stereocenters. The lowest BCUT2D eigenvalue weighted by Crippen LogP contribution is -2.16. The van der Waals surface area contributed by atoms with Gasteiger partial charge in [-0.05, 0) is 67.9 Å². The Labute approximate surface area is 173 Å². The van der Waals surface area contributed by atoms with Gasteiger partial charge >= 0.3 is 0 Å². The van der Waals surface area contributed by atoms with E-state index in [0.29, 0.717) is 36.0 Å². The summed E-state index contributed by atoms with van der Waals surface area (Å²) in [4.78, 5) is 0. The first-order valence-corrected chi connectivity index (χ1v) is 10.5. The summed E-state index contributed by atoms with van der Waals surface area (Å²) in [7, 11) is 0. The van der Waals surface area contributed by atoms with Gasteiger partial charge in [-0.2, -0.15) is 4.39 Å². The zero-order chi connectivity index (χ0) is 21.4. The van der Waals surface area contributed by atoms with E-state index in [0.717, 1.165) is 19.3 Å². The van der Waals surface area contributed by atoms with Gasteiger partial charge in [-0.3, -0.25) is 0 Å². The summed E-state index contributed by atoms with van der Waals surface area (Å²) in [5, 5.41) is 0. The third-order valence-electron chi connectivity index (χ3n) is 5.85. The van der Waals surface area contributed by atoms with Crippen LogP contribution in [0.4, 0.5) is 17.6 Å². The molecular formula is C24H24F4O2. The molecule has 0 amide bonds. The number of hydrogen-bond donors (Lipinski definition) is 0. The van der Waals surface area contributed by atoms with Crippen molar-refractivity contribution in [3.8, 4) is 16.9 Å². The standard InChI is InChI=1S/C24H24F4O2/c1-3-5-16-9-8-15(12-30-16)17-10-13-6-7-14-11-18(29-4-2)22(26)24(28)20(14)19(13)23(27)21(17)25/h10-12,16H,3-9H2,1-2H3. The van der Waals surface area contributed by atoms with E-state index in [-0.39, 0.29) is 35.2 Å². The van der Waals surface area contributed by atoms with Crippen molar-refractivity contribution in [3.05, 3.63) is 58.4 Å². The van der Waals surface area contributed by atoms with Gasteiger partial charge in [0.05, 0.1) is 19.0 Å². The van der Waals surface area contributed by atoms with Crippen LogP contribution in [0.3, 0.4) is 0 Å². The Bertz CT molecular complexity index is 1010. The van der Waals surface area contributed by atoms with Crippen molar-refractivity contribution >= 4 is 5.57 Å². The van der Waals surface area contributed by atoms with Gasteiger partial charge in [0, 0.05) is 16.7 Å². The summed E-state index contributed by atoms with van der Waals surface area (Å²) in [5.41, 5.74) is 1.20. The largest absolute Gasteiger partial charge is 0.498 e. The molecule has 0 spiro atoms. The highest BCUT2D eigenvalue weighted by atomic mass is 19.2. The van der Waals surface area contributed by atoms with Gasteiger partial charge in [0.15, 0.2) is 23.2 Å². The van der Waals surface area contributed by atoms with E-state index in [9.17, 15) is 8.78 Å². The first-order valence-electron chi connectivity index (χ1n) is 10.5. The third kappa shape index (κ3) is 3.46. The molecule has 1 heterocycles. The molecule has 0 saturated heterocycles. The molecule has 4 rings (SSSR count). The van der Waals surface area contributed by atoms with Crippen molar-refractivity contribution in [1.82, 2.24) is 0 Å². The Kier molecular flexibility index (Phi) is 5.76. The Balaban J connectivity index is 1.79. The molecule has 0 bridgehead atoms. The number of aryl methyl sites for hydroxylation is 2. The van der Waals surface area contributed by atoms with Gasteiger partial charge in [0.2, 0.25) is 5.82 Å². The highest BCUT2D eigenvalue weighted by Gasteiger charge is 2.31. The summed E-state index contributed by atoms with van der Waals surface area (Å²) in [6, 6.07) is 2.94. The zero-order valence-corrected chi connectivity index (χ0v) is 17.1. The smallest absolute Gasteiger partial charge is 0.201 e. The minimum absolute atomic E-state index is 0.0905. The van der Waals surface area contributed by atoms with E-state index in [4.69, 9.17) is 9.47 Å². The van der Waals surface area contributed by atoms with Crippen LogP contribution in [-0.2, 0) is 17.6 Å². The van der Waals surface area contributed by atoms with Gasteiger partial charge in [-0.25, -0.2) is 13.2 Å². The number of fused-ring (bicyclic) bond motifs is 3. The third-order valence-corrected chi connectivity index (χ3v) is 5.85. The van der Waals surface area contributed by atoms with Crippen LogP contribution < -0.4 is 4.74 Å². The van der Waals surface area contributed by atoms with Crippen molar-refractivity contribution in [2.24, 2.45) is 0 Å². The van der Waals surface area contributed by atoms with E-state index < -0.39 is 23.3 Å². The Morgan fingerprint density at radius 3 is 2.17 bits per heavy atom. The van der Waals surface area contributed by atoms with Crippen LogP contribution in [0.1, 0.15) is 56.2 Å². The summed E-state index contributed by atoms with van der Waals surface area (Å²) >= 11 is 0. The van der Waals surface area contributed by atoms with E-state index in [1.807, 2.05) is 0 Å². The van der Waals surface area contributed by atoms with Gasteiger partial charge in [0.25, 0.3) is 0 Å². The molecular weight excluding hydrogens is 396 g/mol. The molecule has 0 aromatic heterocycles. The number of ether oxygens (including phenoxy) is 2. The maximum atomic E-state index is 15.2. The van der Waals surface area contributed by atoms with Crippen molar-refractivity contribution in [3.63, 3.8) is 0 Å². The van der Waals surface area contributed by atoms with Gasteiger partial charge in [0.1, 0.15) is 0 Å². The average molecular weight is 420 g/mol. The van der Waals surface area contributed by atoms with Gasteiger partial charge in [-0.15, -0.1) is 0 Å². The first-order chi connectivity index (χ1) is 14.5. The van der Waals surface area contributed by atoms with E-state index in [1.54, 1.807) is 13.0 Å². The van der Waals surface area contributed by atoms with E-state index >= 15 is 8.78 Å². The molecule has 2 aromatic carbocycles. The molecule has 30 heavy (non-hydrogen) atoms. The number of benzene rings is 2. The molecule has 0 radical (unpaired) electrons. The normalized spacial score (nSPS) is 17.7. The minimum Gasteiger partial charge on any atom is -0.498 e. The maximum Gasteiger partial charge on any atom is 0.201 e. The predicted octanol–water partition coefficient (Wildman–Crippen LogP) is 6.73. The highest BCUT2D eigenvalue weighted by molar-refractivity contribution is 5.79. The monoisotopic (exact) mass is 420 g/mol. The molecule has 0 saturated carbocycles. The minimum atomic E-state index is -1.20. The topological polar surface area (TPSA) is 18.5 Å². The van der Waals surface area contributed by atoms with Crippen LogP contribution in [0.25, 0.3) is 16.7 Å². The summed E-state index contributed by atoms with van der Waals surface area (Å²) in [6.45, 7) is 3.91. The second-order valence-corrected chi connectivity index (χ2v) is 7.78. The molecule has 1 aliphatic carbocycles. The average Bonchev–Trinajstić information content (AvgIpc) is 2.75. The lowest BCUT2D eigenvalue weighted by atomic mass is 9.82. The van der Waals surface area contributed by atoms with Crippen LogP contribution in [0.2, 0.25) is 0 Å². The maximum absolute atomic E-state index is 15.2. The van der Waals surface area contributed by atoms with Crippen LogP contribution in [0.15, 0.2) is 18.4 Å². The Hall–Kier alpha value is -2.50. The van der Waals surface area contributed by atoms with Crippen molar-refractivity contribution in [2.45, 2.75) is 58.5 Å². The Morgan fingerprint density at radius 2 is 1.57 bits per heavy atom. The van der Waals surface area contributed by atoms with Crippen LogP contribution in [-0.4, -0.2) is 12.7 Å². The van der Waals surface area contributed by atoms with E-state index in [1.165, 1.54) is 12.3 Å². The fourth-order valence-electron chi connectivity index (χ4n) is 4.38. The molecule has 1 aliphatic heterocycles. The lowest BCUT2D eigenvalue weighted by molar-refractivity contribution is 0.118. The van der Waals surface area contributed by atoms with Gasteiger partial charge in [-0.1, -0.05) is 13.3 Å². The zero-order valence-electron chi connectivity index (χ0n) is 17.1. The lowest BCUT2D eigenvalue weighted by Gasteiger charge is -2.26. The predicted molar refractivity (Wildman–Crippen MR) is 107 cm³/mol. The molecule has 6 heteroatoms. The van der Waals surface area contributed by atoms with E-state index in [2.05, 4.69) is 6.92 Å². The van der Waals surface area contributed by atoms with Crippen LogP contribution in [0, 0.1) is 23.3 Å². The summed E-state index contributed by atoms with van der Waals surface area (Å²) in [6.07, 6.45) is 5.61. The fourth-order valence-corrected chi connectivity index (χ4v) is 4.38. The van der Waals surface area contributed by atoms with Crippen LogP contribution in [0.5, 0.6) is 5.75 Å². The second kappa shape index (κ2) is 8.32. The van der Waals surface area contributed by atoms with Crippen molar-refractivity contribution in [1.29, 1.82) is 0 Å². The molecule has 0 fully saturated rings. The second-order valence-electron chi connectivity index (χ2n) is 7.78. The van der Waals surface area contributed by atoms with Crippen molar-refractivity contribution in [2.75, 3.05) is 6.61 Å². The quantitative estimate of drug-likeness (QED) is 0.500. The fraction of sp³-hybridized carbons (Fsp3) is 0.417. The van der Waals surface area contributed by atoms with Gasteiger partial charge < -0.3 is 9.47 Å². The highest BCUT2D eigenvalue weighted by Crippen LogP contribution is 2.43. The number of allylic oxidation sites excluding steroid dienone is 1. The number of rotatable bonds is 5. The molecule has 160 valence electrons. The molecule has 2 nitrogen and oxygen atoms in total. The molecule has 1 atom stereocenters. The molecule has 0 N–H and O–H groups in total. The first kappa shape index (κ1) is 20.8. The Morgan fingerprint density at radius 1 is 0.900 bits per heavy atom. The summed E-state index contributed by atoms with van der Waals surface area (Å²) < 4.78 is 70.3. The number of halogens is 4. The molecule has 2 aliphatic rings. The SMILES string of the molecule is CCCC1CCC(c2cc3c(c(F)c2F)-c2c(cc(OCC)c(F)c2F)CC3)=CO1. The van der Waals surface area contributed by atoms with Crippen molar-refractivity contribution < 1.29 is 27.0 Å². The summed E-state index contributed by atoms with van der Waals surface area (Å²) in [5.74, 6) is -4.80.